The molecule has 0 bridgehead atoms. The van der Waals surface area contributed by atoms with Crippen LogP contribution >= 0.6 is 0 Å². The van der Waals surface area contributed by atoms with E-state index in [1.165, 1.54) is 13.0 Å². The fraction of sp³-hybridized carbons (Fsp3) is 1.00. The van der Waals surface area contributed by atoms with Gasteiger partial charge in [-0.3, -0.25) is 4.90 Å². The molecule has 2 rings (SSSR count). The monoisotopic (exact) mass is 214 g/mol. The van der Waals surface area contributed by atoms with Crippen molar-refractivity contribution in [3.05, 3.63) is 0 Å². The molecule has 15 heavy (non-hydrogen) atoms. The molecule has 2 fully saturated rings. The highest BCUT2D eigenvalue weighted by atomic mass is 16.5. The average Bonchev–Trinajstić information content (AvgIpc) is 2.71. The van der Waals surface area contributed by atoms with Crippen molar-refractivity contribution in [2.45, 2.75) is 12.5 Å². The molecule has 88 valence electrons. The third kappa shape index (κ3) is 3.41. The van der Waals surface area contributed by atoms with Gasteiger partial charge in [0.25, 0.3) is 0 Å². The van der Waals surface area contributed by atoms with Gasteiger partial charge in [0.2, 0.25) is 0 Å². The second kappa shape index (κ2) is 5.80. The van der Waals surface area contributed by atoms with E-state index >= 15 is 0 Å². The Morgan fingerprint density at radius 3 is 3.07 bits per heavy atom. The van der Waals surface area contributed by atoms with E-state index in [1.54, 1.807) is 0 Å². The molecule has 0 radical (unpaired) electrons. The molecule has 0 aromatic heterocycles. The van der Waals surface area contributed by atoms with Crippen LogP contribution in [0, 0.1) is 5.92 Å². The molecule has 2 aliphatic rings. The Balaban J connectivity index is 1.71. The number of likely N-dealkylation sites (N-methyl/N-ethyl adjacent to an activating group) is 1. The first-order valence-corrected chi connectivity index (χ1v) is 5.95. The van der Waals surface area contributed by atoms with Gasteiger partial charge in [-0.1, -0.05) is 0 Å². The van der Waals surface area contributed by atoms with Crippen molar-refractivity contribution in [1.29, 1.82) is 0 Å². The number of rotatable bonds is 4. The summed E-state index contributed by atoms with van der Waals surface area (Å²) in [6.45, 7) is 7.07. The van der Waals surface area contributed by atoms with Crippen LogP contribution in [0.2, 0.25) is 0 Å². The minimum Gasteiger partial charge on any atom is -0.381 e. The molecule has 0 aliphatic carbocycles. The van der Waals surface area contributed by atoms with Crippen molar-refractivity contribution in [1.82, 2.24) is 10.2 Å². The summed E-state index contributed by atoms with van der Waals surface area (Å²) in [7, 11) is 1.98. The van der Waals surface area contributed by atoms with Gasteiger partial charge in [0.05, 0.1) is 19.3 Å². The highest BCUT2D eigenvalue weighted by molar-refractivity contribution is 4.76. The van der Waals surface area contributed by atoms with E-state index < -0.39 is 0 Å². The summed E-state index contributed by atoms with van der Waals surface area (Å²) in [4.78, 5) is 2.52. The molecule has 2 atom stereocenters. The van der Waals surface area contributed by atoms with Gasteiger partial charge in [-0.25, -0.2) is 0 Å². The van der Waals surface area contributed by atoms with Crippen LogP contribution in [-0.2, 0) is 9.47 Å². The summed E-state index contributed by atoms with van der Waals surface area (Å²) in [6.07, 6.45) is 1.60. The molecule has 4 heteroatoms. The average molecular weight is 214 g/mol. The highest BCUT2D eigenvalue weighted by Crippen LogP contribution is 2.15. The summed E-state index contributed by atoms with van der Waals surface area (Å²) in [5.41, 5.74) is 0. The zero-order chi connectivity index (χ0) is 10.5. The fourth-order valence-electron chi connectivity index (χ4n) is 2.39. The summed E-state index contributed by atoms with van der Waals surface area (Å²) < 4.78 is 11.1. The summed E-state index contributed by atoms with van der Waals surface area (Å²) >= 11 is 0. The third-order valence-corrected chi connectivity index (χ3v) is 3.20. The quantitative estimate of drug-likeness (QED) is 0.711. The summed E-state index contributed by atoms with van der Waals surface area (Å²) in [5.74, 6) is 0.748. The Bertz CT molecular complexity index is 181. The van der Waals surface area contributed by atoms with E-state index in [-0.39, 0.29) is 0 Å². The van der Waals surface area contributed by atoms with Crippen LogP contribution < -0.4 is 5.32 Å². The number of morpholine rings is 1. The maximum Gasteiger partial charge on any atom is 0.0826 e. The van der Waals surface area contributed by atoms with Gasteiger partial charge < -0.3 is 14.8 Å². The summed E-state index contributed by atoms with van der Waals surface area (Å²) in [6, 6.07) is 0. The highest BCUT2D eigenvalue weighted by Gasteiger charge is 2.24. The van der Waals surface area contributed by atoms with Crippen molar-refractivity contribution >= 4 is 0 Å². The molecule has 0 aromatic carbocycles. The number of hydrogen-bond acceptors (Lipinski definition) is 4. The maximum atomic E-state index is 5.68. The van der Waals surface area contributed by atoms with Gasteiger partial charge in [-0.05, 0) is 19.4 Å². The molecule has 2 aliphatic heterocycles. The molecule has 2 saturated heterocycles. The lowest BCUT2D eigenvalue weighted by Gasteiger charge is -2.34. The molecular weight excluding hydrogens is 192 g/mol. The number of nitrogens with zero attached hydrogens (tertiary/aromatic N) is 1. The largest absolute Gasteiger partial charge is 0.381 e. The van der Waals surface area contributed by atoms with Gasteiger partial charge in [0.15, 0.2) is 0 Å². The zero-order valence-electron chi connectivity index (χ0n) is 9.58. The van der Waals surface area contributed by atoms with Crippen LogP contribution in [-0.4, -0.2) is 64.1 Å². The number of nitrogens with one attached hydrogen (secondary N) is 1. The lowest BCUT2D eigenvalue weighted by atomic mass is 10.1. The standard InChI is InChI=1S/C11H22N2O2/c1-12-6-11-8-13(3-5-15-11)7-10-2-4-14-9-10/h10-12H,2-9H2,1H3. The van der Waals surface area contributed by atoms with E-state index in [2.05, 4.69) is 10.2 Å². The summed E-state index contributed by atoms with van der Waals surface area (Å²) in [5, 5.41) is 3.18. The van der Waals surface area contributed by atoms with Gasteiger partial charge in [0.1, 0.15) is 0 Å². The first-order valence-electron chi connectivity index (χ1n) is 5.95. The van der Waals surface area contributed by atoms with E-state index in [4.69, 9.17) is 9.47 Å². The topological polar surface area (TPSA) is 33.7 Å². The van der Waals surface area contributed by atoms with Crippen LogP contribution in [0.3, 0.4) is 0 Å². The van der Waals surface area contributed by atoms with Crippen LogP contribution in [0.1, 0.15) is 6.42 Å². The molecule has 0 saturated carbocycles. The minimum atomic E-state index is 0.367. The van der Waals surface area contributed by atoms with Crippen molar-refractivity contribution in [2.75, 3.05) is 53.0 Å². The van der Waals surface area contributed by atoms with E-state index in [0.717, 1.165) is 45.4 Å². The Hall–Kier alpha value is -0.160. The lowest BCUT2D eigenvalue weighted by molar-refractivity contribution is -0.0310. The van der Waals surface area contributed by atoms with Gasteiger partial charge >= 0.3 is 0 Å². The second-order valence-electron chi connectivity index (χ2n) is 4.54. The minimum absolute atomic E-state index is 0.367. The zero-order valence-corrected chi connectivity index (χ0v) is 9.58. The molecular formula is C11H22N2O2. The molecule has 0 amide bonds. The molecule has 1 N–H and O–H groups in total. The first-order chi connectivity index (χ1) is 7.38. The molecule has 0 aromatic rings. The first kappa shape index (κ1) is 11.3. The van der Waals surface area contributed by atoms with Crippen LogP contribution in [0.25, 0.3) is 0 Å². The van der Waals surface area contributed by atoms with Crippen LogP contribution in [0.15, 0.2) is 0 Å². The lowest BCUT2D eigenvalue weighted by Crippen LogP contribution is -2.47. The van der Waals surface area contributed by atoms with Crippen LogP contribution in [0.4, 0.5) is 0 Å². The number of ether oxygens (including phenoxy) is 2. The SMILES string of the molecule is CNCC1CN(CC2CCOC2)CCO1. The predicted molar refractivity (Wildman–Crippen MR) is 59.0 cm³/mol. The van der Waals surface area contributed by atoms with E-state index in [0.29, 0.717) is 6.10 Å². The Morgan fingerprint density at radius 1 is 1.40 bits per heavy atom. The van der Waals surface area contributed by atoms with Crippen molar-refractivity contribution in [3.63, 3.8) is 0 Å². The predicted octanol–water partition coefficient (Wildman–Crippen LogP) is -0.0569. The second-order valence-corrected chi connectivity index (χ2v) is 4.54. The maximum absolute atomic E-state index is 5.68. The van der Waals surface area contributed by atoms with Crippen molar-refractivity contribution in [3.8, 4) is 0 Å². The molecule has 4 nitrogen and oxygen atoms in total. The van der Waals surface area contributed by atoms with Crippen molar-refractivity contribution < 1.29 is 9.47 Å². The Labute approximate surface area is 91.9 Å². The molecule has 2 unspecified atom stereocenters. The molecule has 2 heterocycles. The Kier molecular flexibility index (Phi) is 4.38. The smallest absolute Gasteiger partial charge is 0.0826 e. The number of hydrogen-bond donors (Lipinski definition) is 1. The van der Waals surface area contributed by atoms with Gasteiger partial charge in [0, 0.05) is 32.8 Å². The Morgan fingerprint density at radius 2 is 2.33 bits per heavy atom. The van der Waals surface area contributed by atoms with E-state index in [9.17, 15) is 0 Å². The van der Waals surface area contributed by atoms with Crippen LogP contribution in [0.5, 0.6) is 0 Å². The van der Waals surface area contributed by atoms with E-state index in [1.807, 2.05) is 7.05 Å². The third-order valence-electron chi connectivity index (χ3n) is 3.20. The van der Waals surface area contributed by atoms with Gasteiger partial charge in [-0.15, -0.1) is 0 Å². The van der Waals surface area contributed by atoms with Gasteiger partial charge in [-0.2, -0.15) is 0 Å². The fourth-order valence-corrected chi connectivity index (χ4v) is 2.39. The van der Waals surface area contributed by atoms with Crippen molar-refractivity contribution in [2.24, 2.45) is 5.92 Å². The molecule has 0 spiro atoms. The normalized spacial score (nSPS) is 33.4.